The van der Waals surface area contributed by atoms with E-state index in [2.05, 4.69) is 15.2 Å². The first kappa shape index (κ1) is 15.9. The zero-order chi connectivity index (χ0) is 17.2. The molecule has 2 heterocycles. The van der Waals surface area contributed by atoms with Gasteiger partial charge >= 0.3 is 0 Å². The molecule has 0 aliphatic rings. The maximum Gasteiger partial charge on any atom is 0.281 e. The molecule has 0 unspecified atom stereocenters. The summed E-state index contributed by atoms with van der Waals surface area (Å²) in [6.07, 6.45) is 2.63. The van der Waals surface area contributed by atoms with Crippen molar-refractivity contribution in [3.8, 4) is 11.3 Å². The molecule has 0 radical (unpaired) electrons. The summed E-state index contributed by atoms with van der Waals surface area (Å²) >= 11 is 0. The van der Waals surface area contributed by atoms with Gasteiger partial charge in [0.1, 0.15) is 0 Å². The number of carbonyl (C=O) groups is 1. The number of aryl methyl sites for hydroxylation is 1. The van der Waals surface area contributed by atoms with Gasteiger partial charge in [0.05, 0.1) is 17.5 Å². The van der Waals surface area contributed by atoms with Crippen molar-refractivity contribution in [2.45, 2.75) is 11.9 Å². The summed E-state index contributed by atoms with van der Waals surface area (Å²) < 4.78 is 25.9. The highest BCUT2D eigenvalue weighted by atomic mass is 32.2. The first-order valence-corrected chi connectivity index (χ1v) is 8.54. The molecular weight excluding hydrogens is 328 g/mol. The van der Waals surface area contributed by atoms with Crippen LogP contribution in [0.15, 0.2) is 59.9 Å². The van der Waals surface area contributed by atoms with E-state index in [4.69, 9.17) is 0 Å². The zero-order valence-corrected chi connectivity index (χ0v) is 13.5. The highest BCUT2D eigenvalue weighted by Crippen LogP contribution is 2.17. The molecule has 1 aromatic carbocycles. The van der Waals surface area contributed by atoms with Gasteiger partial charge in [-0.25, -0.2) is 4.72 Å². The van der Waals surface area contributed by atoms with Crippen molar-refractivity contribution >= 4 is 15.9 Å². The predicted molar refractivity (Wildman–Crippen MR) is 87.6 cm³/mol. The Bertz CT molecular complexity index is 948. The smallest absolute Gasteiger partial charge is 0.268 e. The fraction of sp³-hybridized carbons (Fsp3) is 0.0625. The van der Waals surface area contributed by atoms with Crippen molar-refractivity contribution in [2.75, 3.05) is 0 Å². The summed E-state index contributed by atoms with van der Waals surface area (Å²) in [6.45, 7) is 1.99. The molecule has 122 valence electrons. The molecule has 8 heteroatoms. The Morgan fingerprint density at radius 1 is 1.08 bits per heavy atom. The van der Waals surface area contributed by atoms with E-state index in [1.807, 2.05) is 35.9 Å². The van der Waals surface area contributed by atoms with E-state index in [0.29, 0.717) is 5.69 Å². The summed E-state index contributed by atoms with van der Waals surface area (Å²) in [7, 11) is -3.98. The second-order valence-electron chi connectivity index (χ2n) is 5.15. The van der Waals surface area contributed by atoms with Crippen molar-refractivity contribution in [3.63, 3.8) is 0 Å². The van der Waals surface area contributed by atoms with E-state index in [-0.39, 0.29) is 10.6 Å². The van der Waals surface area contributed by atoms with Gasteiger partial charge in [0, 0.05) is 11.8 Å². The van der Waals surface area contributed by atoms with Gasteiger partial charge in [-0.05, 0) is 25.1 Å². The number of aromatic amines is 1. The number of H-pyrrole nitrogens is 1. The lowest BCUT2D eigenvalue weighted by Crippen LogP contribution is -2.30. The Morgan fingerprint density at radius 3 is 2.42 bits per heavy atom. The SMILES string of the molecule is Cc1ccc(-c2ccc(C(=O)NS(=O)(=O)c3ccn[nH]3)cn2)cc1. The third kappa shape index (κ3) is 3.33. The fourth-order valence-electron chi connectivity index (χ4n) is 2.05. The topological polar surface area (TPSA) is 105 Å². The molecule has 2 N–H and O–H groups in total. The molecule has 0 aliphatic heterocycles. The standard InChI is InChI=1S/C16H14N4O3S/c1-11-2-4-12(5-3-11)14-7-6-13(10-17-14)16(21)20-24(22,23)15-8-9-18-19-15/h2-10H,1H3,(H,18,19)(H,20,21). The second-order valence-corrected chi connectivity index (χ2v) is 6.80. The molecule has 24 heavy (non-hydrogen) atoms. The Kier molecular flexibility index (Phi) is 4.13. The molecule has 0 bridgehead atoms. The average molecular weight is 342 g/mol. The van der Waals surface area contributed by atoms with Gasteiger partial charge in [-0.2, -0.15) is 13.5 Å². The van der Waals surface area contributed by atoms with Crippen LogP contribution in [0.25, 0.3) is 11.3 Å². The predicted octanol–water partition coefficient (Wildman–Crippen LogP) is 1.90. The lowest BCUT2D eigenvalue weighted by atomic mass is 10.1. The first-order chi connectivity index (χ1) is 11.5. The summed E-state index contributed by atoms with van der Waals surface area (Å²) in [5.41, 5.74) is 2.90. The Hall–Kier alpha value is -3.00. The minimum atomic E-state index is -3.98. The first-order valence-electron chi connectivity index (χ1n) is 7.05. The van der Waals surface area contributed by atoms with Crippen molar-refractivity contribution < 1.29 is 13.2 Å². The highest BCUT2D eigenvalue weighted by molar-refractivity contribution is 7.90. The van der Waals surface area contributed by atoms with Crippen LogP contribution in [0, 0.1) is 6.92 Å². The number of hydrogen-bond donors (Lipinski definition) is 2. The van der Waals surface area contributed by atoms with Crippen LogP contribution in [0.1, 0.15) is 15.9 Å². The minimum Gasteiger partial charge on any atom is -0.268 e. The molecule has 3 aromatic rings. The summed E-state index contributed by atoms with van der Waals surface area (Å²) in [5.74, 6) is -0.757. The molecule has 0 fully saturated rings. The van der Waals surface area contributed by atoms with Crippen molar-refractivity contribution in [1.29, 1.82) is 0 Å². The van der Waals surface area contributed by atoms with Gasteiger partial charge in [0.25, 0.3) is 15.9 Å². The number of aromatic nitrogens is 3. The average Bonchev–Trinajstić information content (AvgIpc) is 3.11. The van der Waals surface area contributed by atoms with Crippen LogP contribution < -0.4 is 4.72 Å². The van der Waals surface area contributed by atoms with E-state index in [0.717, 1.165) is 11.1 Å². The van der Waals surface area contributed by atoms with Crippen LogP contribution >= 0.6 is 0 Å². The van der Waals surface area contributed by atoms with Gasteiger partial charge < -0.3 is 0 Å². The van der Waals surface area contributed by atoms with Crippen LogP contribution in [-0.4, -0.2) is 29.5 Å². The van der Waals surface area contributed by atoms with Crippen LogP contribution in [0.4, 0.5) is 0 Å². The third-order valence-corrected chi connectivity index (χ3v) is 4.63. The normalized spacial score (nSPS) is 11.2. The summed E-state index contributed by atoms with van der Waals surface area (Å²) in [5, 5.41) is 5.67. The van der Waals surface area contributed by atoms with Crippen LogP contribution in [0.5, 0.6) is 0 Å². The molecule has 0 atom stereocenters. The third-order valence-electron chi connectivity index (χ3n) is 3.36. The molecule has 0 saturated carbocycles. The number of rotatable bonds is 4. The van der Waals surface area contributed by atoms with Crippen molar-refractivity contribution in [3.05, 3.63) is 66.0 Å². The van der Waals surface area contributed by atoms with Crippen LogP contribution in [-0.2, 0) is 10.0 Å². The van der Waals surface area contributed by atoms with Crippen molar-refractivity contribution in [1.82, 2.24) is 19.9 Å². The van der Waals surface area contributed by atoms with Gasteiger partial charge in [-0.1, -0.05) is 29.8 Å². The monoisotopic (exact) mass is 342 g/mol. The molecular formula is C16H14N4O3S. The molecule has 3 rings (SSSR count). The number of pyridine rings is 1. The number of nitrogens with zero attached hydrogens (tertiary/aromatic N) is 2. The number of amides is 1. The summed E-state index contributed by atoms with van der Waals surface area (Å²) in [4.78, 5) is 16.3. The van der Waals surface area contributed by atoms with Crippen molar-refractivity contribution in [2.24, 2.45) is 0 Å². The fourth-order valence-corrected chi connectivity index (χ4v) is 2.94. The lowest BCUT2D eigenvalue weighted by molar-refractivity contribution is 0.0981. The van der Waals surface area contributed by atoms with Crippen LogP contribution in [0.3, 0.4) is 0 Å². The highest BCUT2D eigenvalue weighted by Gasteiger charge is 2.20. The second kappa shape index (κ2) is 6.25. The number of nitrogens with one attached hydrogen (secondary N) is 2. The Labute approximate surface area is 138 Å². The summed E-state index contributed by atoms with van der Waals surface area (Å²) in [6, 6.07) is 12.3. The van der Waals surface area contributed by atoms with E-state index in [1.165, 1.54) is 24.5 Å². The zero-order valence-electron chi connectivity index (χ0n) is 12.7. The van der Waals surface area contributed by atoms with E-state index in [9.17, 15) is 13.2 Å². The Morgan fingerprint density at radius 2 is 1.83 bits per heavy atom. The number of sulfonamides is 1. The number of carbonyl (C=O) groups excluding carboxylic acids is 1. The van der Waals surface area contributed by atoms with E-state index in [1.54, 1.807) is 6.07 Å². The van der Waals surface area contributed by atoms with Crippen LogP contribution in [0.2, 0.25) is 0 Å². The largest absolute Gasteiger partial charge is 0.281 e. The molecule has 7 nitrogen and oxygen atoms in total. The maximum absolute atomic E-state index is 12.1. The molecule has 2 aromatic heterocycles. The van der Waals surface area contributed by atoms with Gasteiger partial charge in [0.2, 0.25) is 0 Å². The number of benzene rings is 1. The molecule has 0 aliphatic carbocycles. The van der Waals surface area contributed by atoms with E-state index < -0.39 is 15.9 Å². The number of hydrogen-bond acceptors (Lipinski definition) is 5. The van der Waals surface area contributed by atoms with Gasteiger partial charge in [-0.3, -0.25) is 14.9 Å². The molecule has 0 spiro atoms. The maximum atomic E-state index is 12.1. The van der Waals surface area contributed by atoms with Gasteiger partial charge in [-0.15, -0.1) is 0 Å². The Balaban J connectivity index is 1.78. The molecule has 1 amide bonds. The quantitative estimate of drug-likeness (QED) is 0.753. The van der Waals surface area contributed by atoms with Gasteiger partial charge in [0.15, 0.2) is 5.03 Å². The van der Waals surface area contributed by atoms with E-state index >= 15 is 0 Å². The molecule has 0 saturated heterocycles. The minimum absolute atomic E-state index is 0.147. The lowest BCUT2D eigenvalue weighted by Gasteiger charge is -2.06.